The molecule has 0 heterocycles. The summed E-state index contributed by atoms with van der Waals surface area (Å²) in [5.74, 6) is 0.221. The first-order valence-electron chi connectivity index (χ1n) is 13.4. The van der Waals surface area contributed by atoms with Crippen LogP contribution >= 0.6 is 0 Å². The number of carbonyl (C=O) groups excluding carboxylic acids is 2. The van der Waals surface area contributed by atoms with Crippen molar-refractivity contribution in [1.29, 1.82) is 0 Å². The first-order valence-corrected chi connectivity index (χ1v) is 13.4. The first-order chi connectivity index (χ1) is 18.2. The van der Waals surface area contributed by atoms with Gasteiger partial charge in [0, 0.05) is 29.7 Å². The van der Waals surface area contributed by atoms with E-state index in [-0.39, 0.29) is 29.5 Å². The van der Waals surface area contributed by atoms with E-state index >= 15 is 4.39 Å². The maximum atomic E-state index is 15.1. The predicted molar refractivity (Wildman–Crippen MR) is 152 cm³/mol. The number of rotatable bonds is 12. The lowest BCUT2D eigenvalue weighted by Gasteiger charge is -2.12. The maximum absolute atomic E-state index is 15.1. The second-order valence-corrected chi connectivity index (χ2v) is 10.0. The highest BCUT2D eigenvalue weighted by atomic mass is 19.1. The van der Waals surface area contributed by atoms with Crippen molar-refractivity contribution in [2.24, 2.45) is 10.9 Å². The molecule has 1 aliphatic rings. The number of nitrogens with zero attached hydrogens (tertiary/aromatic N) is 1. The molecule has 2 amide bonds. The van der Waals surface area contributed by atoms with Gasteiger partial charge in [-0.05, 0) is 74.1 Å². The number of anilines is 2. The van der Waals surface area contributed by atoms with Crippen molar-refractivity contribution < 1.29 is 18.7 Å². The Labute approximate surface area is 224 Å². The minimum absolute atomic E-state index is 0.180. The fraction of sp³-hybridized carbons (Fsp3) is 0.433. The molecule has 7 nitrogen and oxygen atoms in total. The second-order valence-electron chi connectivity index (χ2n) is 10.0. The van der Waals surface area contributed by atoms with Crippen LogP contribution in [0.4, 0.5) is 15.8 Å². The molecular weight excluding hydrogens is 483 g/mol. The molecule has 0 atom stereocenters. The lowest BCUT2D eigenvalue weighted by atomic mass is 10.1. The SMILES string of the molecule is C=c1cc(OCCCC(C)C)cc(F)/c1=C(/N=C\C)Nc1ccc(NC(=O)CC(=O)NC2CCCC2)cc1. The Bertz CT molecular complexity index is 1240. The third-order valence-corrected chi connectivity index (χ3v) is 6.31. The number of hydrogen-bond donors (Lipinski definition) is 3. The summed E-state index contributed by atoms with van der Waals surface area (Å²) in [6.45, 7) is 10.6. The average molecular weight is 523 g/mol. The number of amides is 2. The van der Waals surface area contributed by atoms with Crippen molar-refractivity contribution in [1.82, 2.24) is 5.32 Å². The number of aliphatic imine (C=N–C) groups is 1. The van der Waals surface area contributed by atoms with Gasteiger partial charge in [-0.3, -0.25) is 9.59 Å². The highest BCUT2D eigenvalue weighted by Gasteiger charge is 2.18. The van der Waals surface area contributed by atoms with E-state index in [1.807, 2.05) is 0 Å². The Balaban J connectivity index is 1.65. The normalized spacial score (nSPS) is 14.6. The molecule has 0 radical (unpaired) electrons. The van der Waals surface area contributed by atoms with E-state index in [0.717, 1.165) is 38.5 Å². The van der Waals surface area contributed by atoms with Gasteiger partial charge in [0.05, 0.1) is 11.8 Å². The minimum atomic E-state index is -0.482. The van der Waals surface area contributed by atoms with Crippen LogP contribution in [0.1, 0.15) is 65.7 Å². The van der Waals surface area contributed by atoms with E-state index in [0.29, 0.717) is 40.7 Å². The second kappa shape index (κ2) is 14.3. The summed E-state index contributed by atoms with van der Waals surface area (Å²) >= 11 is 0. The van der Waals surface area contributed by atoms with Crippen molar-refractivity contribution in [3.05, 3.63) is 52.7 Å². The van der Waals surface area contributed by atoms with Crippen molar-refractivity contribution in [2.75, 3.05) is 17.2 Å². The molecule has 2 aromatic rings. The summed E-state index contributed by atoms with van der Waals surface area (Å²) in [6.07, 6.45) is 7.46. The minimum Gasteiger partial charge on any atom is -0.493 e. The van der Waals surface area contributed by atoms with Gasteiger partial charge in [-0.15, -0.1) is 0 Å². The monoisotopic (exact) mass is 522 g/mol. The summed E-state index contributed by atoms with van der Waals surface area (Å²) in [5, 5.41) is 9.50. The topological polar surface area (TPSA) is 91.8 Å². The zero-order valence-electron chi connectivity index (χ0n) is 22.6. The number of nitrogens with one attached hydrogen (secondary N) is 3. The molecule has 0 bridgehead atoms. The molecular formula is C30H39FN4O3. The third-order valence-electron chi connectivity index (χ3n) is 6.31. The fourth-order valence-corrected chi connectivity index (χ4v) is 4.43. The van der Waals surface area contributed by atoms with E-state index in [1.165, 1.54) is 6.07 Å². The first kappa shape index (κ1) is 28.9. The lowest BCUT2D eigenvalue weighted by molar-refractivity contribution is -0.127. The molecule has 0 aromatic heterocycles. The van der Waals surface area contributed by atoms with Gasteiger partial charge < -0.3 is 20.7 Å². The zero-order valence-corrected chi connectivity index (χ0v) is 22.6. The number of halogens is 1. The highest BCUT2D eigenvalue weighted by Crippen LogP contribution is 2.19. The van der Waals surface area contributed by atoms with Gasteiger partial charge in [0.1, 0.15) is 23.8 Å². The van der Waals surface area contributed by atoms with Crippen molar-refractivity contribution in [2.45, 2.75) is 71.8 Å². The van der Waals surface area contributed by atoms with Gasteiger partial charge in [-0.1, -0.05) is 33.3 Å². The van der Waals surface area contributed by atoms with Gasteiger partial charge in [-0.25, -0.2) is 9.38 Å². The van der Waals surface area contributed by atoms with Crippen molar-refractivity contribution >= 4 is 41.8 Å². The Morgan fingerprint density at radius 1 is 1.11 bits per heavy atom. The van der Waals surface area contributed by atoms with Crippen LogP contribution in [-0.4, -0.2) is 30.7 Å². The molecule has 0 aliphatic heterocycles. The van der Waals surface area contributed by atoms with Gasteiger partial charge >= 0.3 is 0 Å². The lowest BCUT2D eigenvalue weighted by Crippen LogP contribution is -2.35. The summed E-state index contributed by atoms with van der Waals surface area (Å²) in [5.41, 5.74) is 1.20. The van der Waals surface area contributed by atoms with E-state index in [9.17, 15) is 9.59 Å². The number of ether oxygens (including phenoxy) is 1. The Hall–Kier alpha value is -3.68. The molecule has 0 unspecified atom stereocenters. The van der Waals surface area contributed by atoms with Crippen LogP contribution in [-0.2, 0) is 9.59 Å². The molecule has 8 heteroatoms. The largest absolute Gasteiger partial charge is 0.493 e. The predicted octanol–water partition coefficient (Wildman–Crippen LogP) is 4.71. The molecule has 0 spiro atoms. The highest BCUT2D eigenvalue weighted by molar-refractivity contribution is 6.03. The van der Waals surface area contributed by atoms with Crippen LogP contribution in [0, 0.1) is 11.7 Å². The van der Waals surface area contributed by atoms with Crippen LogP contribution in [0.25, 0.3) is 12.4 Å². The van der Waals surface area contributed by atoms with Crippen molar-refractivity contribution in [3.8, 4) is 5.75 Å². The van der Waals surface area contributed by atoms with Gasteiger partial charge in [0.2, 0.25) is 11.8 Å². The number of benzene rings is 2. The van der Waals surface area contributed by atoms with E-state index in [2.05, 4.69) is 41.4 Å². The fourth-order valence-electron chi connectivity index (χ4n) is 4.43. The summed E-state index contributed by atoms with van der Waals surface area (Å²) in [7, 11) is 0. The molecule has 38 heavy (non-hydrogen) atoms. The van der Waals surface area contributed by atoms with Crippen molar-refractivity contribution in [3.63, 3.8) is 0 Å². The Morgan fingerprint density at radius 2 is 1.76 bits per heavy atom. The molecule has 2 aromatic carbocycles. The van der Waals surface area contributed by atoms with E-state index < -0.39 is 5.82 Å². The van der Waals surface area contributed by atoms with Crippen LogP contribution in [0.3, 0.4) is 0 Å². The molecule has 1 aliphatic carbocycles. The number of hydrogen-bond acceptors (Lipinski definition) is 5. The average Bonchev–Trinajstić information content (AvgIpc) is 3.35. The standard InChI is InChI=1S/C30H39FN4O3/c1-5-32-30(29-21(4)17-25(18-26(29)31)38-16-8-9-20(2)3)35-24-14-12-23(13-15-24)34-28(37)19-27(36)33-22-10-6-7-11-22/h5,12-15,17-18,20,22,35H,4,6-11,16,19H2,1-3H3,(H,33,36)(H,34,37)/b30-29-,32-5-. The Kier molecular flexibility index (Phi) is 10.9. The van der Waals surface area contributed by atoms with Gasteiger partial charge in [-0.2, -0.15) is 0 Å². The van der Waals surface area contributed by atoms with Crippen LogP contribution in [0.5, 0.6) is 5.75 Å². The Morgan fingerprint density at radius 3 is 2.37 bits per heavy atom. The van der Waals surface area contributed by atoms with Crippen LogP contribution in [0.15, 0.2) is 41.4 Å². The summed E-state index contributed by atoms with van der Waals surface area (Å²) in [6, 6.07) is 10.1. The molecule has 204 valence electrons. The quantitative estimate of drug-likeness (QED) is 0.214. The summed E-state index contributed by atoms with van der Waals surface area (Å²) in [4.78, 5) is 28.7. The molecule has 1 saturated carbocycles. The summed E-state index contributed by atoms with van der Waals surface area (Å²) < 4.78 is 20.9. The molecule has 3 N–H and O–H groups in total. The molecule has 1 fully saturated rings. The zero-order chi connectivity index (χ0) is 27.5. The maximum Gasteiger partial charge on any atom is 0.233 e. The third kappa shape index (κ3) is 9.01. The molecule has 0 saturated heterocycles. The number of carbonyl (C=O) groups is 2. The van der Waals surface area contributed by atoms with E-state index in [1.54, 1.807) is 43.5 Å². The molecule has 3 rings (SSSR count). The van der Waals surface area contributed by atoms with Gasteiger partial charge in [0.15, 0.2) is 0 Å². The van der Waals surface area contributed by atoms with Crippen LogP contribution in [0.2, 0.25) is 0 Å². The van der Waals surface area contributed by atoms with Crippen LogP contribution < -0.4 is 31.1 Å². The smallest absolute Gasteiger partial charge is 0.233 e. The van der Waals surface area contributed by atoms with E-state index in [4.69, 9.17) is 4.74 Å². The van der Waals surface area contributed by atoms with Gasteiger partial charge in [0.25, 0.3) is 0 Å².